The monoisotopic (exact) mass is 196 g/mol. The molecule has 3 atom stereocenters. The SMILES string of the molecule is CCC1CCN(CC2NCCC2C)C1. The highest BCUT2D eigenvalue weighted by Crippen LogP contribution is 2.22. The summed E-state index contributed by atoms with van der Waals surface area (Å²) in [6.07, 6.45) is 4.16. The van der Waals surface area contributed by atoms with Gasteiger partial charge in [0.1, 0.15) is 0 Å². The largest absolute Gasteiger partial charge is 0.312 e. The fraction of sp³-hybridized carbons (Fsp3) is 1.00. The van der Waals surface area contributed by atoms with Crippen molar-refractivity contribution in [2.75, 3.05) is 26.2 Å². The minimum Gasteiger partial charge on any atom is -0.312 e. The van der Waals surface area contributed by atoms with Crippen molar-refractivity contribution in [1.29, 1.82) is 0 Å². The Morgan fingerprint density at radius 3 is 2.79 bits per heavy atom. The zero-order valence-electron chi connectivity index (χ0n) is 9.63. The molecule has 3 unspecified atom stereocenters. The summed E-state index contributed by atoms with van der Waals surface area (Å²) in [5, 5.41) is 3.62. The van der Waals surface area contributed by atoms with Crippen LogP contribution in [0.25, 0.3) is 0 Å². The van der Waals surface area contributed by atoms with Gasteiger partial charge in [0.25, 0.3) is 0 Å². The first-order chi connectivity index (χ1) is 6.79. The van der Waals surface area contributed by atoms with Crippen LogP contribution < -0.4 is 5.32 Å². The zero-order valence-corrected chi connectivity index (χ0v) is 9.63. The first kappa shape index (κ1) is 10.4. The lowest BCUT2D eigenvalue weighted by Crippen LogP contribution is -2.39. The van der Waals surface area contributed by atoms with Crippen LogP contribution in [0.2, 0.25) is 0 Å². The number of rotatable bonds is 3. The van der Waals surface area contributed by atoms with Crippen molar-refractivity contribution in [2.45, 2.75) is 39.2 Å². The average molecular weight is 196 g/mol. The molecule has 0 spiro atoms. The van der Waals surface area contributed by atoms with Gasteiger partial charge in [0.05, 0.1) is 0 Å². The molecule has 82 valence electrons. The lowest BCUT2D eigenvalue weighted by atomic mass is 10.0. The van der Waals surface area contributed by atoms with Crippen LogP contribution in [0.5, 0.6) is 0 Å². The number of hydrogen-bond donors (Lipinski definition) is 1. The maximum absolute atomic E-state index is 3.62. The van der Waals surface area contributed by atoms with Gasteiger partial charge in [0.2, 0.25) is 0 Å². The Hall–Kier alpha value is -0.0800. The Labute approximate surface area is 88.1 Å². The van der Waals surface area contributed by atoms with Crippen LogP contribution in [0.1, 0.15) is 33.1 Å². The summed E-state index contributed by atoms with van der Waals surface area (Å²) in [6, 6.07) is 0.769. The zero-order chi connectivity index (χ0) is 9.97. The summed E-state index contributed by atoms with van der Waals surface area (Å²) < 4.78 is 0. The second kappa shape index (κ2) is 4.63. The summed E-state index contributed by atoms with van der Waals surface area (Å²) in [4.78, 5) is 2.66. The molecule has 1 N–H and O–H groups in total. The fourth-order valence-corrected chi connectivity index (χ4v) is 2.83. The van der Waals surface area contributed by atoms with Gasteiger partial charge in [-0.25, -0.2) is 0 Å². The van der Waals surface area contributed by atoms with Gasteiger partial charge >= 0.3 is 0 Å². The summed E-state index contributed by atoms with van der Waals surface area (Å²) >= 11 is 0. The van der Waals surface area contributed by atoms with Gasteiger partial charge in [0.15, 0.2) is 0 Å². The Kier molecular flexibility index (Phi) is 3.45. The maximum atomic E-state index is 3.62. The molecule has 2 aliphatic heterocycles. The van der Waals surface area contributed by atoms with Gasteiger partial charge in [-0.05, 0) is 37.8 Å². The first-order valence-electron chi connectivity index (χ1n) is 6.25. The first-order valence-corrected chi connectivity index (χ1v) is 6.25. The van der Waals surface area contributed by atoms with Crippen LogP contribution >= 0.6 is 0 Å². The van der Waals surface area contributed by atoms with Crippen LogP contribution in [-0.2, 0) is 0 Å². The molecule has 2 aliphatic rings. The lowest BCUT2D eigenvalue weighted by molar-refractivity contribution is 0.270. The van der Waals surface area contributed by atoms with Crippen LogP contribution in [-0.4, -0.2) is 37.1 Å². The molecule has 0 amide bonds. The van der Waals surface area contributed by atoms with Crippen molar-refractivity contribution in [3.63, 3.8) is 0 Å². The van der Waals surface area contributed by atoms with Gasteiger partial charge in [0, 0.05) is 19.1 Å². The summed E-state index contributed by atoms with van der Waals surface area (Å²) in [6.45, 7) is 9.92. The number of nitrogens with zero attached hydrogens (tertiary/aromatic N) is 1. The minimum absolute atomic E-state index is 0.769. The molecule has 0 aromatic heterocycles. The van der Waals surface area contributed by atoms with Crippen molar-refractivity contribution in [3.05, 3.63) is 0 Å². The standard InChI is InChI=1S/C12H24N2/c1-3-11-5-7-14(8-11)9-12-10(2)4-6-13-12/h10-13H,3-9H2,1-2H3. The predicted octanol–water partition coefficient (Wildman–Crippen LogP) is 1.72. The molecule has 0 aromatic carbocycles. The van der Waals surface area contributed by atoms with Gasteiger partial charge in [-0.1, -0.05) is 20.3 Å². The molecule has 0 aromatic rings. The third kappa shape index (κ3) is 2.29. The molecular weight excluding hydrogens is 172 g/mol. The van der Waals surface area contributed by atoms with E-state index in [4.69, 9.17) is 0 Å². The van der Waals surface area contributed by atoms with E-state index >= 15 is 0 Å². The van der Waals surface area contributed by atoms with Crippen molar-refractivity contribution < 1.29 is 0 Å². The van der Waals surface area contributed by atoms with Gasteiger partial charge in [-0.2, -0.15) is 0 Å². The Morgan fingerprint density at radius 2 is 2.21 bits per heavy atom. The molecule has 2 nitrogen and oxygen atoms in total. The van der Waals surface area contributed by atoms with Crippen molar-refractivity contribution in [1.82, 2.24) is 10.2 Å². The van der Waals surface area contributed by atoms with E-state index in [-0.39, 0.29) is 0 Å². The van der Waals surface area contributed by atoms with Crippen LogP contribution in [0, 0.1) is 11.8 Å². The van der Waals surface area contributed by atoms with E-state index in [1.807, 2.05) is 0 Å². The molecule has 14 heavy (non-hydrogen) atoms. The highest BCUT2D eigenvalue weighted by Gasteiger charge is 2.28. The normalized spacial score (nSPS) is 39.4. The smallest absolute Gasteiger partial charge is 0.0221 e. The second-order valence-electron chi connectivity index (χ2n) is 5.15. The number of nitrogens with one attached hydrogen (secondary N) is 1. The highest BCUT2D eigenvalue weighted by molar-refractivity contribution is 4.86. The van der Waals surface area contributed by atoms with E-state index in [0.717, 1.165) is 17.9 Å². The fourth-order valence-electron chi connectivity index (χ4n) is 2.83. The van der Waals surface area contributed by atoms with E-state index in [9.17, 15) is 0 Å². The summed E-state index contributed by atoms with van der Waals surface area (Å²) in [5.41, 5.74) is 0. The van der Waals surface area contributed by atoms with Crippen LogP contribution in [0.15, 0.2) is 0 Å². The molecule has 2 saturated heterocycles. The van der Waals surface area contributed by atoms with Crippen molar-refractivity contribution >= 4 is 0 Å². The van der Waals surface area contributed by atoms with Gasteiger partial charge in [-0.3, -0.25) is 0 Å². The van der Waals surface area contributed by atoms with E-state index in [1.165, 1.54) is 45.4 Å². The molecule has 0 aliphatic carbocycles. The molecule has 0 radical (unpaired) electrons. The highest BCUT2D eigenvalue weighted by atomic mass is 15.2. The quantitative estimate of drug-likeness (QED) is 0.739. The van der Waals surface area contributed by atoms with E-state index < -0.39 is 0 Å². The third-order valence-electron chi connectivity index (χ3n) is 4.10. The Balaban J connectivity index is 1.75. The van der Waals surface area contributed by atoms with Gasteiger partial charge in [-0.15, -0.1) is 0 Å². The maximum Gasteiger partial charge on any atom is 0.0221 e. The van der Waals surface area contributed by atoms with Gasteiger partial charge < -0.3 is 10.2 Å². The molecular formula is C12H24N2. The second-order valence-corrected chi connectivity index (χ2v) is 5.15. The number of likely N-dealkylation sites (tertiary alicyclic amines) is 1. The van der Waals surface area contributed by atoms with E-state index in [0.29, 0.717) is 0 Å². The van der Waals surface area contributed by atoms with Crippen molar-refractivity contribution in [3.8, 4) is 0 Å². The Bertz CT molecular complexity index is 181. The molecule has 0 saturated carbocycles. The summed E-state index contributed by atoms with van der Waals surface area (Å²) in [7, 11) is 0. The van der Waals surface area contributed by atoms with E-state index in [2.05, 4.69) is 24.1 Å². The molecule has 2 rings (SSSR count). The molecule has 2 heterocycles. The van der Waals surface area contributed by atoms with E-state index in [1.54, 1.807) is 0 Å². The third-order valence-corrected chi connectivity index (χ3v) is 4.10. The van der Waals surface area contributed by atoms with Crippen LogP contribution in [0.3, 0.4) is 0 Å². The topological polar surface area (TPSA) is 15.3 Å². The molecule has 0 bridgehead atoms. The van der Waals surface area contributed by atoms with Crippen molar-refractivity contribution in [2.24, 2.45) is 11.8 Å². The lowest BCUT2D eigenvalue weighted by Gasteiger charge is -2.23. The Morgan fingerprint density at radius 1 is 1.36 bits per heavy atom. The minimum atomic E-state index is 0.769. The average Bonchev–Trinajstić information content (AvgIpc) is 2.77. The molecule has 2 fully saturated rings. The predicted molar refractivity (Wildman–Crippen MR) is 60.4 cm³/mol. The number of hydrogen-bond acceptors (Lipinski definition) is 2. The molecule has 2 heteroatoms. The summed E-state index contributed by atoms with van der Waals surface area (Å²) in [5.74, 6) is 1.86. The van der Waals surface area contributed by atoms with Crippen LogP contribution in [0.4, 0.5) is 0 Å².